The molecule has 0 saturated heterocycles. The highest BCUT2D eigenvalue weighted by Gasteiger charge is 2.12. The van der Waals surface area contributed by atoms with Gasteiger partial charge < -0.3 is 4.42 Å². The summed E-state index contributed by atoms with van der Waals surface area (Å²) < 4.78 is 5.74. The van der Waals surface area contributed by atoms with Crippen molar-refractivity contribution in [1.29, 1.82) is 0 Å². The number of aromatic amines is 1. The van der Waals surface area contributed by atoms with Crippen LogP contribution in [0.2, 0.25) is 0 Å². The first kappa shape index (κ1) is 11.2. The van der Waals surface area contributed by atoms with Gasteiger partial charge in [-0.1, -0.05) is 11.6 Å². The number of nitrogens with one attached hydrogen (secondary N) is 1. The van der Waals surface area contributed by atoms with Gasteiger partial charge in [-0.2, -0.15) is 10.1 Å². The average Bonchev–Trinajstić information content (AvgIpc) is 2.79. The van der Waals surface area contributed by atoms with Gasteiger partial charge in [0.25, 0.3) is 0 Å². The molecule has 0 unspecified atom stereocenters. The highest BCUT2D eigenvalue weighted by molar-refractivity contribution is 5.94. The van der Waals surface area contributed by atoms with Crippen LogP contribution in [0.4, 0.5) is 0 Å². The lowest BCUT2D eigenvalue weighted by molar-refractivity contribution is 0.646. The van der Waals surface area contributed by atoms with Gasteiger partial charge in [0.1, 0.15) is 5.58 Å². The van der Waals surface area contributed by atoms with Crippen LogP contribution in [-0.2, 0) is 0 Å². The molecule has 1 aromatic carbocycles. The van der Waals surface area contributed by atoms with Crippen LogP contribution in [0.5, 0.6) is 0 Å². The fourth-order valence-corrected chi connectivity index (χ4v) is 2.45. The van der Waals surface area contributed by atoms with E-state index in [0.717, 1.165) is 16.6 Å². The number of hydrogen-bond donors (Lipinski definition) is 1. The van der Waals surface area contributed by atoms with E-state index in [1.165, 1.54) is 0 Å². The molecule has 5 nitrogen and oxygen atoms in total. The molecule has 4 aromatic rings. The van der Waals surface area contributed by atoms with Crippen LogP contribution < -0.4 is 5.43 Å². The monoisotopic (exact) mass is 265 g/mol. The van der Waals surface area contributed by atoms with Crippen molar-refractivity contribution in [2.45, 2.75) is 13.8 Å². The number of rotatable bonds is 0. The molecular weight excluding hydrogens is 254 g/mol. The van der Waals surface area contributed by atoms with Gasteiger partial charge in [-0.15, -0.1) is 0 Å². The van der Waals surface area contributed by atoms with E-state index in [0.29, 0.717) is 27.7 Å². The zero-order chi connectivity index (χ0) is 13.9. The number of aromatic nitrogens is 3. The molecule has 0 radical (unpaired) electrons. The molecule has 3 heterocycles. The molecular formula is C15H11N3O2. The Balaban J connectivity index is 2.27. The van der Waals surface area contributed by atoms with Crippen LogP contribution >= 0.6 is 0 Å². The van der Waals surface area contributed by atoms with Crippen molar-refractivity contribution in [2.24, 2.45) is 0 Å². The third-order valence-electron chi connectivity index (χ3n) is 3.54. The molecule has 0 amide bonds. The Morgan fingerprint density at radius 3 is 2.80 bits per heavy atom. The number of hydrogen-bond acceptors (Lipinski definition) is 4. The maximum Gasteiger partial charge on any atom is 0.232 e. The van der Waals surface area contributed by atoms with Gasteiger partial charge in [0.15, 0.2) is 5.65 Å². The molecule has 5 heteroatoms. The summed E-state index contributed by atoms with van der Waals surface area (Å²) in [6.07, 6.45) is 0. The lowest BCUT2D eigenvalue weighted by Gasteiger charge is -2.01. The SMILES string of the molecule is Cc1ccc2oc3nc4[nH]nc(C)c4cc3c(=O)c2c1. The van der Waals surface area contributed by atoms with Crippen molar-refractivity contribution in [3.8, 4) is 0 Å². The first-order chi connectivity index (χ1) is 9.63. The van der Waals surface area contributed by atoms with Crippen LogP contribution in [0.15, 0.2) is 33.5 Å². The van der Waals surface area contributed by atoms with E-state index in [1.807, 2.05) is 26.0 Å². The van der Waals surface area contributed by atoms with Gasteiger partial charge in [0.05, 0.1) is 16.5 Å². The van der Waals surface area contributed by atoms with E-state index in [9.17, 15) is 4.79 Å². The molecule has 0 aliphatic rings. The Morgan fingerprint density at radius 2 is 1.95 bits per heavy atom. The first-order valence-electron chi connectivity index (χ1n) is 6.32. The maximum absolute atomic E-state index is 12.6. The van der Waals surface area contributed by atoms with E-state index < -0.39 is 0 Å². The summed E-state index contributed by atoms with van der Waals surface area (Å²) >= 11 is 0. The summed E-state index contributed by atoms with van der Waals surface area (Å²) in [7, 11) is 0. The van der Waals surface area contributed by atoms with Crippen LogP contribution in [0.25, 0.3) is 33.1 Å². The van der Waals surface area contributed by atoms with Crippen LogP contribution in [0, 0.1) is 13.8 Å². The van der Waals surface area contributed by atoms with Crippen molar-refractivity contribution in [3.05, 3.63) is 45.7 Å². The highest BCUT2D eigenvalue weighted by atomic mass is 16.3. The van der Waals surface area contributed by atoms with Gasteiger partial charge in [-0.25, -0.2) is 0 Å². The maximum atomic E-state index is 12.6. The molecule has 0 aliphatic carbocycles. The first-order valence-corrected chi connectivity index (χ1v) is 6.32. The third kappa shape index (κ3) is 1.40. The summed E-state index contributed by atoms with van der Waals surface area (Å²) in [4.78, 5) is 16.9. The van der Waals surface area contributed by atoms with Crippen molar-refractivity contribution in [3.63, 3.8) is 0 Å². The third-order valence-corrected chi connectivity index (χ3v) is 3.54. The van der Waals surface area contributed by atoms with Crippen LogP contribution in [0.3, 0.4) is 0 Å². The van der Waals surface area contributed by atoms with Crippen LogP contribution in [0.1, 0.15) is 11.3 Å². The summed E-state index contributed by atoms with van der Waals surface area (Å²) in [5.41, 5.74) is 3.30. The molecule has 4 rings (SSSR count). The van der Waals surface area contributed by atoms with E-state index in [-0.39, 0.29) is 5.43 Å². The van der Waals surface area contributed by atoms with Crippen molar-refractivity contribution in [2.75, 3.05) is 0 Å². The minimum Gasteiger partial charge on any atom is -0.437 e. The topological polar surface area (TPSA) is 71.8 Å². The summed E-state index contributed by atoms with van der Waals surface area (Å²) in [6, 6.07) is 7.35. The predicted octanol–water partition coefficient (Wildman–Crippen LogP) is 2.83. The molecule has 0 spiro atoms. The fourth-order valence-electron chi connectivity index (χ4n) is 2.45. The van der Waals surface area contributed by atoms with E-state index in [4.69, 9.17) is 4.42 Å². The van der Waals surface area contributed by atoms with E-state index in [1.54, 1.807) is 12.1 Å². The number of aryl methyl sites for hydroxylation is 2. The zero-order valence-corrected chi connectivity index (χ0v) is 11.0. The van der Waals surface area contributed by atoms with Crippen molar-refractivity contribution >= 4 is 33.1 Å². The Morgan fingerprint density at radius 1 is 1.10 bits per heavy atom. The number of benzene rings is 1. The number of fused-ring (bicyclic) bond motifs is 3. The predicted molar refractivity (Wildman–Crippen MR) is 76.9 cm³/mol. The average molecular weight is 265 g/mol. The molecule has 0 bridgehead atoms. The minimum atomic E-state index is -0.0556. The second-order valence-corrected chi connectivity index (χ2v) is 4.98. The lowest BCUT2D eigenvalue weighted by atomic mass is 10.1. The fraction of sp³-hybridized carbons (Fsp3) is 0.133. The smallest absolute Gasteiger partial charge is 0.232 e. The highest BCUT2D eigenvalue weighted by Crippen LogP contribution is 2.22. The van der Waals surface area contributed by atoms with Crippen molar-refractivity contribution < 1.29 is 4.42 Å². The quantitative estimate of drug-likeness (QED) is 0.496. The molecule has 20 heavy (non-hydrogen) atoms. The minimum absolute atomic E-state index is 0.0556. The summed E-state index contributed by atoms with van der Waals surface area (Å²) in [5.74, 6) is 0. The normalized spacial score (nSPS) is 11.7. The Hall–Kier alpha value is -2.69. The Kier molecular flexibility index (Phi) is 2.04. The molecule has 98 valence electrons. The lowest BCUT2D eigenvalue weighted by Crippen LogP contribution is -2.03. The van der Waals surface area contributed by atoms with Crippen molar-refractivity contribution in [1.82, 2.24) is 15.2 Å². The summed E-state index contributed by atoms with van der Waals surface area (Å²) in [6.45, 7) is 3.82. The van der Waals surface area contributed by atoms with Gasteiger partial charge >= 0.3 is 0 Å². The zero-order valence-electron chi connectivity index (χ0n) is 11.0. The molecule has 0 aliphatic heterocycles. The van der Waals surface area contributed by atoms with Gasteiger partial charge in [-0.3, -0.25) is 9.89 Å². The second kappa shape index (κ2) is 3.66. The van der Waals surface area contributed by atoms with Gasteiger partial charge in [0.2, 0.25) is 11.1 Å². The molecule has 0 saturated carbocycles. The molecule has 3 aromatic heterocycles. The second-order valence-electron chi connectivity index (χ2n) is 4.98. The Labute approximate surface area is 113 Å². The van der Waals surface area contributed by atoms with Gasteiger partial charge in [0, 0.05) is 5.39 Å². The van der Waals surface area contributed by atoms with Gasteiger partial charge in [-0.05, 0) is 32.0 Å². The largest absolute Gasteiger partial charge is 0.437 e. The Bertz CT molecular complexity index is 1040. The molecule has 0 fully saturated rings. The van der Waals surface area contributed by atoms with E-state index >= 15 is 0 Å². The summed E-state index contributed by atoms with van der Waals surface area (Å²) in [5, 5.41) is 8.85. The number of nitrogens with zero attached hydrogens (tertiary/aromatic N) is 2. The standard InChI is InChI=1S/C15H11N3O2/c1-7-3-4-12-10(5-7)13(19)11-6-9-8(2)17-18-14(9)16-15(11)20-12/h3-6H,1-2H3,(H,16,17,18). The number of H-pyrrole nitrogens is 1. The van der Waals surface area contributed by atoms with Crippen LogP contribution in [-0.4, -0.2) is 15.2 Å². The molecule has 0 atom stereocenters. The number of pyridine rings is 1. The van der Waals surface area contributed by atoms with E-state index in [2.05, 4.69) is 15.2 Å². The molecule has 1 N–H and O–H groups in total.